The van der Waals surface area contributed by atoms with Crippen LogP contribution in [-0.4, -0.2) is 35.6 Å². The number of aromatic nitrogens is 1. The quantitative estimate of drug-likeness (QED) is 0.738. The Morgan fingerprint density at radius 3 is 3.31 bits per heavy atom. The molecule has 1 saturated heterocycles. The third-order valence-electron chi connectivity index (χ3n) is 2.35. The zero-order valence-electron chi connectivity index (χ0n) is 7.77. The second-order valence-corrected chi connectivity index (χ2v) is 4.08. The van der Waals surface area contributed by atoms with Crippen LogP contribution >= 0.6 is 11.3 Å². The van der Waals surface area contributed by atoms with E-state index in [9.17, 15) is 0 Å². The molecular weight excluding hydrogens is 184 g/mol. The van der Waals surface area contributed by atoms with Gasteiger partial charge in [0.2, 0.25) is 0 Å². The van der Waals surface area contributed by atoms with Crippen LogP contribution in [0.4, 0.5) is 0 Å². The highest BCUT2D eigenvalue weighted by molar-refractivity contribution is 7.11. The summed E-state index contributed by atoms with van der Waals surface area (Å²) >= 11 is 1.57. The highest BCUT2D eigenvalue weighted by atomic mass is 32.1. The van der Waals surface area contributed by atoms with Gasteiger partial charge in [0.15, 0.2) is 0 Å². The highest BCUT2D eigenvalue weighted by Gasteiger charge is 2.22. The van der Waals surface area contributed by atoms with Crippen LogP contribution in [0, 0.1) is 0 Å². The lowest BCUT2D eigenvalue weighted by Crippen LogP contribution is -2.24. The number of thiazole rings is 1. The van der Waals surface area contributed by atoms with Gasteiger partial charge in [0.25, 0.3) is 5.19 Å². The van der Waals surface area contributed by atoms with Crippen molar-refractivity contribution in [1.82, 2.24) is 9.88 Å². The Balaban J connectivity index is 1.84. The van der Waals surface area contributed by atoms with Crippen molar-refractivity contribution >= 4 is 11.3 Å². The van der Waals surface area contributed by atoms with E-state index in [0.29, 0.717) is 6.10 Å². The first-order valence-corrected chi connectivity index (χ1v) is 5.55. The molecule has 3 nitrogen and oxygen atoms in total. The van der Waals surface area contributed by atoms with Gasteiger partial charge in [-0.15, -0.1) is 0 Å². The largest absolute Gasteiger partial charge is 0.465 e. The minimum Gasteiger partial charge on any atom is -0.465 e. The molecule has 0 amide bonds. The van der Waals surface area contributed by atoms with Crippen molar-refractivity contribution in [2.75, 3.05) is 19.6 Å². The van der Waals surface area contributed by atoms with Crippen LogP contribution in [0.2, 0.25) is 0 Å². The summed E-state index contributed by atoms with van der Waals surface area (Å²) in [5, 5.41) is 2.75. The minimum atomic E-state index is 0.353. The Kier molecular flexibility index (Phi) is 2.80. The Hall–Kier alpha value is -0.610. The number of ether oxygens (including phenoxy) is 1. The fourth-order valence-corrected chi connectivity index (χ4v) is 2.14. The van der Waals surface area contributed by atoms with E-state index >= 15 is 0 Å². The van der Waals surface area contributed by atoms with Crippen molar-refractivity contribution in [2.24, 2.45) is 0 Å². The van der Waals surface area contributed by atoms with Gasteiger partial charge in [0, 0.05) is 24.7 Å². The minimum absolute atomic E-state index is 0.353. The van der Waals surface area contributed by atoms with Gasteiger partial charge in [-0.25, -0.2) is 4.98 Å². The number of likely N-dealkylation sites (tertiary alicyclic amines) is 1. The fraction of sp³-hybridized carbons (Fsp3) is 0.667. The van der Waals surface area contributed by atoms with Crippen molar-refractivity contribution in [3.63, 3.8) is 0 Å². The van der Waals surface area contributed by atoms with E-state index in [-0.39, 0.29) is 0 Å². The maximum Gasteiger partial charge on any atom is 0.273 e. The topological polar surface area (TPSA) is 25.4 Å². The Bertz CT molecular complexity index is 250. The molecule has 1 aromatic rings. The molecule has 0 N–H and O–H groups in total. The molecule has 0 aromatic carbocycles. The normalized spacial score (nSPS) is 23.6. The van der Waals surface area contributed by atoms with E-state index in [1.807, 2.05) is 5.38 Å². The summed E-state index contributed by atoms with van der Waals surface area (Å²) in [4.78, 5) is 6.51. The molecule has 0 radical (unpaired) electrons. The first-order chi connectivity index (χ1) is 6.38. The fourth-order valence-electron chi connectivity index (χ4n) is 1.59. The van der Waals surface area contributed by atoms with Crippen LogP contribution in [0.3, 0.4) is 0 Å². The lowest BCUT2D eigenvalue weighted by Gasteiger charge is -2.12. The maximum absolute atomic E-state index is 5.71. The highest BCUT2D eigenvalue weighted by Crippen LogP contribution is 2.19. The van der Waals surface area contributed by atoms with Crippen LogP contribution in [0.15, 0.2) is 11.6 Å². The number of nitrogens with zero attached hydrogens (tertiary/aromatic N) is 2. The molecule has 1 fully saturated rings. The third kappa shape index (κ3) is 2.19. The monoisotopic (exact) mass is 198 g/mol. The number of hydrogen-bond donors (Lipinski definition) is 0. The third-order valence-corrected chi connectivity index (χ3v) is 3.01. The van der Waals surface area contributed by atoms with Gasteiger partial charge in [-0.2, -0.15) is 0 Å². The molecule has 0 aliphatic carbocycles. The van der Waals surface area contributed by atoms with E-state index in [0.717, 1.165) is 31.2 Å². The summed E-state index contributed by atoms with van der Waals surface area (Å²) in [6.07, 6.45) is 3.27. The van der Waals surface area contributed by atoms with Crippen LogP contribution < -0.4 is 4.74 Å². The first kappa shape index (κ1) is 8.97. The van der Waals surface area contributed by atoms with E-state index < -0.39 is 0 Å². The van der Waals surface area contributed by atoms with Crippen molar-refractivity contribution in [3.8, 4) is 5.19 Å². The van der Waals surface area contributed by atoms with Crippen LogP contribution in [0.5, 0.6) is 5.19 Å². The Morgan fingerprint density at radius 1 is 1.77 bits per heavy atom. The number of hydrogen-bond acceptors (Lipinski definition) is 4. The van der Waals surface area contributed by atoms with Gasteiger partial charge in [-0.3, -0.25) is 4.90 Å². The molecule has 72 valence electrons. The second-order valence-electron chi connectivity index (χ2n) is 3.22. The SMILES string of the molecule is CCN1CCC(Oc2nccs2)C1. The Labute approximate surface area is 82.3 Å². The van der Waals surface area contributed by atoms with Crippen molar-refractivity contribution < 1.29 is 4.74 Å². The molecule has 4 heteroatoms. The Morgan fingerprint density at radius 2 is 2.69 bits per heavy atom. The molecule has 1 atom stereocenters. The molecule has 13 heavy (non-hydrogen) atoms. The predicted molar refractivity (Wildman–Crippen MR) is 53.3 cm³/mol. The predicted octanol–water partition coefficient (Wildman–Crippen LogP) is 1.62. The first-order valence-electron chi connectivity index (χ1n) is 4.67. The molecule has 1 aliphatic heterocycles. The average Bonchev–Trinajstić information content (AvgIpc) is 2.76. The number of rotatable bonds is 3. The van der Waals surface area contributed by atoms with E-state index in [4.69, 9.17) is 4.74 Å². The zero-order valence-corrected chi connectivity index (χ0v) is 8.59. The summed E-state index contributed by atoms with van der Waals surface area (Å²) in [5.74, 6) is 0. The lowest BCUT2D eigenvalue weighted by atomic mass is 10.3. The summed E-state index contributed by atoms with van der Waals surface area (Å²) in [6, 6.07) is 0. The van der Waals surface area contributed by atoms with Gasteiger partial charge in [-0.05, 0) is 13.0 Å². The maximum atomic E-state index is 5.71. The van der Waals surface area contributed by atoms with Crippen molar-refractivity contribution in [2.45, 2.75) is 19.4 Å². The molecule has 0 spiro atoms. The van der Waals surface area contributed by atoms with Crippen molar-refractivity contribution in [1.29, 1.82) is 0 Å². The van der Waals surface area contributed by atoms with E-state index in [2.05, 4.69) is 16.8 Å². The van der Waals surface area contributed by atoms with Gasteiger partial charge in [-0.1, -0.05) is 18.3 Å². The average molecular weight is 198 g/mol. The summed E-state index contributed by atoms with van der Waals surface area (Å²) in [7, 11) is 0. The summed E-state index contributed by atoms with van der Waals surface area (Å²) < 4.78 is 5.71. The van der Waals surface area contributed by atoms with Gasteiger partial charge in [0.05, 0.1) is 0 Å². The second kappa shape index (κ2) is 4.07. The molecule has 1 aromatic heterocycles. The van der Waals surface area contributed by atoms with E-state index in [1.54, 1.807) is 17.5 Å². The lowest BCUT2D eigenvalue weighted by molar-refractivity contribution is 0.202. The summed E-state index contributed by atoms with van der Waals surface area (Å²) in [6.45, 7) is 5.52. The van der Waals surface area contributed by atoms with Gasteiger partial charge >= 0.3 is 0 Å². The standard InChI is InChI=1S/C9H14N2OS/c1-2-11-5-3-8(7-11)12-9-10-4-6-13-9/h4,6,8H,2-3,5,7H2,1H3. The molecule has 1 unspecified atom stereocenters. The molecule has 1 aliphatic rings. The van der Waals surface area contributed by atoms with Crippen LogP contribution in [0.25, 0.3) is 0 Å². The number of likely N-dealkylation sites (N-methyl/N-ethyl adjacent to an activating group) is 1. The molecule has 0 saturated carbocycles. The van der Waals surface area contributed by atoms with Crippen molar-refractivity contribution in [3.05, 3.63) is 11.6 Å². The van der Waals surface area contributed by atoms with E-state index in [1.165, 1.54) is 0 Å². The molecular formula is C9H14N2OS. The molecule has 0 bridgehead atoms. The van der Waals surface area contributed by atoms with Crippen LogP contribution in [0.1, 0.15) is 13.3 Å². The van der Waals surface area contributed by atoms with Gasteiger partial charge < -0.3 is 4.74 Å². The zero-order chi connectivity index (χ0) is 9.10. The van der Waals surface area contributed by atoms with Gasteiger partial charge in [0.1, 0.15) is 6.10 Å². The molecule has 2 rings (SSSR count). The molecule has 2 heterocycles. The van der Waals surface area contributed by atoms with Crippen LogP contribution in [-0.2, 0) is 0 Å². The smallest absolute Gasteiger partial charge is 0.273 e. The summed E-state index contributed by atoms with van der Waals surface area (Å²) in [5.41, 5.74) is 0.